The Balaban J connectivity index is 1.52. The highest BCUT2D eigenvalue weighted by atomic mass is 16.5. The predicted octanol–water partition coefficient (Wildman–Crippen LogP) is 2.72. The molecule has 1 atom stereocenters. The van der Waals surface area contributed by atoms with Crippen LogP contribution in [0.25, 0.3) is 0 Å². The molecule has 3 amide bonds. The van der Waals surface area contributed by atoms with Gasteiger partial charge in [0.1, 0.15) is 24.1 Å². The zero-order chi connectivity index (χ0) is 25.5. The third-order valence-electron chi connectivity index (χ3n) is 6.28. The van der Waals surface area contributed by atoms with Crippen LogP contribution in [0.4, 0.5) is 4.79 Å². The minimum absolute atomic E-state index is 0.0409. The fourth-order valence-electron chi connectivity index (χ4n) is 4.31. The van der Waals surface area contributed by atoms with Crippen molar-refractivity contribution in [1.82, 2.24) is 20.1 Å². The number of urea groups is 1. The van der Waals surface area contributed by atoms with E-state index >= 15 is 0 Å². The van der Waals surface area contributed by atoms with E-state index in [1.54, 1.807) is 24.3 Å². The van der Waals surface area contributed by atoms with Gasteiger partial charge in [-0.15, -0.1) is 0 Å². The number of carbonyl (C=O) groups is 2. The summed E-state index contributed by atoms with van der Waals surface area (Å²) in [6.45, 7) is 7.81. The van der Waals surface area contributed by atoms with Crippen molar-refractivity contribution in [1.29, 1.82) is 0 Å². The van der Waals surface area contributed by atoms with Crippen LogP contribution in [0.2, 0.25) is 0 Å². The Morgan fingerprint density at radius 2 is 1.94 bits per heavy atom. The van der Waals surface area contributed by atoms with Gasteiger partial charge < -0.3 is 24.1 Å². The number of rotatable bonds is 9. The summed E-state index contributed by atoms with van der Waals surface area (Å²) in [5.74, 6) is 1.14. The second-order valence-electron chi connectivity index (χ2n) is 9.23. The first-order valence-electron chi connectivity index (χ1n) is 12.4. The molecule has 36 heavy (non-hydrogen) atoms. The van der Waals surface area contributed by atoms with Crippen LogP contribution < -0.4 is 10.1 Å². The van der Waals surface area contributed by atoms with Crippen LogP contribution in [-0.2, 0) is 9.53 Å². The minimum atomic E-state index is -0.376. The van der Waals surface area contributed by atoms with Gasteiger partial charge in [0, 0.05) is 38.6 Å². The molecule has 2 aliphatic heterocycles. The number of methoxy groups -OCH3 is 1. The van der Waals surface area contributed by atoms with E-state index in [-0.39, 0.29) is 30.6 Å². The highest BCUT2D eigenvalue weighted by molar-refractivity contribution is 6.03. The number of nitrogens with zero attached hydrogens (tertiary/aromatic N) is 4. The smallest absolute Gasteiger partial charge is 0.318 e. The van der Waals surface area contributed by atoms with Gasteiger partial charge in [-0.2, -0.15) is 5.10 Å². The molecule has 3 heterocycles. The Bertz CT molecular complexity index is 1030. The lowest BCUT2D eigenvalue weighted by molar-refractivity contribution is -0.134. The zero-order valence-electron chi connectivity index (χ0n) is 21.2. The number of furan rings is 1. The predicted molar refractivity (Wildman–Crippen MR) is 135 cm³/mol. The van der Waals surface area contributed by atoms with Gasteiger partial charge in [0.2, 0.25) is 0 Å². The van der Waals surface area contributed by atoms with Gasteiger partial charge in [-0.3, -0.25) is 9.69 Å². The third-order valence-corrected chi connectivity index (χ3v) is 6.28. The van der Waals surface area contributed by atoms with Crippen molar-refractivity contribution in [2.24, 2.45) is 5.10 Å². The summed E-state index contributed by atoms with van der Waals surface area (Å²) in [6, 6.07) is 10.6. The topological polar surface area (TPSA) is 99.9 Å². The van der Waals surface area contributed by atoms with E-state index in [0.29, 0.717) is 38.5 Å². The Labute approximate surface area is 211 Å². The van der Waals surface area contributed by atoms with Crippen LogP contribution in [0.1, 0.15) is 37.6 Å². The van der Waals surface area contributed by atoms with Gasteiger partial charge in [0.15, 0.2) is 0 Å². The second-order valence-corrected chi connectivity index (χ2v) is 9.23. The Morgan fingerprint density at radius 1 is 1.19 bits per heavy atom. The summed E-state index contributed by atoms with van der Waals surface area (Å²) in [7, 11) is 1.62. The molecule has 1 N–H and O–H groups in total. The first kappa shape index (κ1) is 25.7. The lowest BCUT2D eigenvalue weighted by Crippen LogP contribution is -2.50. The van der Waals surface area contributed by atoms with Crippen LogP contribution in [0.5, 0.6) is 5.75 Å². The molecule has 2 aliphatic rings. The minimum Gasteiger partial charge on any atom is -0.497 e. The van der Waals surface area contributed by atoms with E-state index in [0.717, 1.165) is 30.1 Å². The van der Waals surface area contributed by atoms with E-state index < -0.39 is 0 Å². The van der Waals surface area contributed by atoms with Crippen molar-refractivity contribution >= 4 is 17.6 Å². The van der Waals surface area contributed by atoms with Crippen LogP contribution >= 0.6 is 0 Å². The van der Waals surface area contributed by atoms with Crippen molar-refractivity contribution < 1.29 is 23.5 Å². The molecule has 0 radical (unpaired) electrons. The lowest BCUT2D eigenvalue weighted by atomic mass is 10.0. The van der Waals surface area contributed by atoms with Crippen molar-refractivity contribution in [3.05, 3.63) is 54.0 Å². The molecule has 0 bridgehead atoms. The maximum absolute atomic E-state index is 13.6. The van der Waals surface area contributed by atoms with Gasteiger partial charge >= 0.3 is 6.03 Å². The first-order chi connectivity index (χ1) is 17.4. The normalized spacial score (nSPS) is 18.3. The van der Waals surface area contributed by atoms with Crippen LogP contribution in [0, 0.1) is 0 Å². The molecule has 10 nitrogen and oxygen atoms in total. The largest absolute Gasteiger partial charge is 0.497 e. The highest BCUT2D eigenvalue weighted by Crippen LogP contribution is 2.33. The number of ether oxygens (including phenoxy) is 2. The second kappa shape index (κ2) is 12.0. The SMILES string of the molecule is COc1ccc(C2=NN(C(=O)CN(CCN3CCOCC3)C(=O)NC(C)C)C(c3ccco3)C2)cc1. The highest BCUT2D eigenvalue weighted by Gasteiger charge is 2.36. The molecule has 194 valence electrons. The molecule has 1 fully saturated rings. The monoisotopic (exact) mass is 497 g/mol. The number of morpholine rings is 1. The maximum Gasteiger partial charge on any atom is 0.318 e. The van der Waals surface area contributed by atoms with Crippen LogP contribution in [-0.4, -0.2) is 91.5 Å². The Kier molecular flexibility index (Phi) is 8.61. The van der Waals surface area contributed by atoms with E-state index in [1.807, 2.05) is 44.2 Å². The van der Waals surface area contributed by atoms with Gasteiger partial charge in [-0.1, -0.05) is 0 Å². The van der Waals surface area contributed by atoms with Gasteiger partial charge in [-0.05, 0) is 55.8 Å². The van der Waals surface area contributed by atoms with Crippen molar-refractivity contribution in [2.45, 2.75) is 32.4 Å². The fraction of sp³-hybridized carbons (Fsp3) is 0.500. The average Bonchev–Trinajstić information content (AvgIpc) is 3.57. The van der Waals surface area contributed by atoms with E-state index in [9.17, 15) is 9.59 Å². The molecule has 0 spiro atoms. The molecule has 10 heteroatoms. The Hall–Kier alpha value is -3.37. The summed E-state index contributed by atoms with van der Waals surface area (Å²) >= 11 is 0. The number of benzene rings is 1. The quantitative estimate of drug-likeness (QED) is 0.572. The number of nitrogens with one attached hydrogen (secondary N) is 1. The summed E-state index contributed by atoms with van der Waals surface area (Å²) in [5, 5.41) is 9.07. The first-order valence-corrected chi connectivity index (χ1v) is 12.4. The van der Waals surface area contributed by atoms with Gasteiger partial charge in [0.25, 0.3) is 5.91 Å². The molecular weight excluding hydrogens is 462 g/mol. The number of hydrogen-bond donors (Lipinski definition) is 1. The summed E-state index contributed by atoms with van der Waals surface area (Å²) < 4.78 is 16.3. The molecule has 4 rings (SSSR count). The summed E-state index contributed by atoms with van der Waals surface area (Å²) in [4.78, 5) is 30.4. The Morgan fingerprint density at radius 3 is 2.58 bits per heavy atom. The fourth-order valence-corrected chi connectivity index (χ4v) is 4.31. The molecule has 0 aliphatic carbocycles. The molecule has 1 aromatic carbocycles. The molecule has 0 saturated carbocycles. The molecule has 1 unspecified atom stereocenters. The molecule has 1 saturated heterocycles. The summed E-state index contributed by atoms with van der Waals surface area (Å²) in [5.41, 5.74) is 1.68. The van der Waals surface area contributed by atoms with Gasteiger partial charge in [0.05, 0.1) is 32.3 Å². The maximum atomic E-state index is 13.6. The summed E-state index contributed by atoms with van der Waals surface area (Å²) in [6.07, 6.45) is 2.10. The average molecular weight is 498 g/mol. The van der Waals surface area contributed by atoms with Crippen LogP contribution in [0.3, 0.4) is 0 Å². The number of hydrogen-bond acceptors (Lipinski definition) is 7. The number of amides is 3. The number of hydrazone groups is 1. The zero-order valence-corrected chi connectivity index (χ0v) is 21.2. The van der Waals surface area contributed by atoms with Crippen molar-refractivity contribution in [3.63, 3.8) is 0 Å². The van der Waals surface area contributed by atoms with Gasteiger partial charge in [-0.25, -0.2) is 9.80 Å². The van der Waals surface area contributed by atoms with E-state index in [4.69, 9.17) is 13.9 Å². The van der Waals surface area contributed by atoms with Crippen LogP contribution in [0.15, 0.2) is 52.2 Å². The van der Waals surface area contributed by atoms with E-state index in [1.165, 1.54) is 5.01 Å². The lowest BCUT2D eigenvalue weighted by Gasteiger charge is -2.31. The van der Waals surface area contributed by atoms with E-state index in [2.05, 4.69) is 15.3 Å². The molecule has 2 aromatic rings. The molecular formula is C26H35N5O5. The molecule has 1 aromatic heterocycles. The van der Waals surface area contributed by atoms with Crippen molar-refractivity contribution in [3.8, 4) is 5.75 Å². The third kappa shape index (κ3) is 6.44. The standard InChI is InChI=1S/C26H35N5O5/c1-19(2)27-26(33)30(11-10-29-12-15-35-16-13-29)18-25(32)31-23(24-5-4-14-36-24)17-22(28-31)20-6-8-21(34-3)9-7-20/h4-9,14,19,23H,10-13,15-18H2,1-3H3,(H,27,33). The number of carbonyl (C=O) groups excluding carboxylic acids is 2. The van der Waals surface area contributed by atoms with Crippen molar-refractivity contribution in [2.75, 3.05) is 53.0 Å².